The Hall–Kier alpha value is -1.93. The van der Waals surface area contributed by atoms with E-state index in [2.05, 4.69) is 11.1 Å². The maximum atomic E-state index is 9.33. The number of thiazole rings is 1. The van der Waals surface area contributed by atoms with Crippen molar-refractivity contribution < 1.29 is 0 Å². The monoisotopic (exact) mass is 328 g/mol. The Morgan fingerprint density at radius 2 is 2.14 bits per heavy atom. The second-order valence-corrected chi connectivity index (χ2v) is 6.51. The maximum Gasteiger partial charge on any atom is 0.134 e. The molecule has 0 amide bonds. The van der Waals surface area contributed by atoms with Crippen LogP contribution in [0.3, 0.4) is 0 Å². The fraction of sp³-hybridized carbons (Fsp3) is 0. The van der Waals surface area contributed by atoms with Gasteiger partial charge in [0.15, 0.2) is 0 Å². The van der Waals surface area contributed by atoms with E-state index in [0.717, 1.165) is 21.1 Å². The van der Waals surface area contributed by atoms with E-state index in [1.807, 2.05) is 53.2 Å². The average Bonchev–Trinajstić information content (AvgIpc) is 3.16. The highest BCUT2D eigenvalue weighted by atomic mass is 35.5. The Balaban J connectivity index is 1.96. The second-order valence-electron chi connectivity index (χ2n) is 4.23. The summed E-state index contributed by atoms with van der Waals surface area (Å²) >= 11 is 9.06. The SMILES string of the molecule is N#C/C(=C/c1cccs1)c1nc(-c2cccc(Cl)c2)cs1. The molecule has 0 spiro atoms. The molecule has 3 aromatic rings. The molecule has 0 radical (unpaired) electrons. The molecular weight excluding hydrogens is 320 g/mol. The van der Waals surface area contributed by atoms with Crippen molar-refractivity contribution in [3.05, 3.63) is 62.1 Å². The molecule has 0 saturated carbocycles. The Kier molecular flexibility index (Phi) is 4.16. The number of benzene rings is 1. The van der Waals surface area contributed by atoms with Gasteiger partial charge >= 0.3 is 0 Å². The molecule has 0 unspecified atom stereocenters. The largest absolute Gasteiger partial charge is 0.235 e. The van der Waals surface area contributed by atoms with Gasteiger partial charge in [0, 0.05) is 20.8 Å². The molecule has 0 N–H and O–H groups in total. The second kappa shape index (κ2) is 6.23. The van der Waals surface area contributed by atoms with E-state index in [9.17, 15) is 5.26 Å². The van der Waals surface area contributed by atoms with Crippen LogP contribution >= 0.6 is 34.3 Å². The van der Waals surface area contributed by atoms with Gasteiger partial charge in [-0.25, -0.2) is 4.98 Å². The zero-order chi connectivity index (χ0) is 14.7. The zero-order valence-electron chi connectivity index (χ0n) is 10.8. The van der Waals surface area contributed by atoms with Crippen molar-refractivity contribution in [3.8, 4) is 17.3 Å². The van der Waals surface area contributed by atoms with Gasteiger partial charge in [-0.1, -0.05) is 29.8 Å². The van der Waals surface area contributed by atoms with E-state index >= 15 is 0 Å². The summed E-state index contributed by atoms with van der Waals surface area (Å²) in [5.74, 6) is 0. The van der Waals surface area contributed by atoms with Gasteiger partial charge in [-0.05, 0) is 29.7 Å². The summed E-state index contributed by atoms with van der Waals surface area (Å²) in [4.78, 5) is 5.59. The summed E-state index contributed by atoms with van der Waals surface area (Å²) in [5, 5.41) is 14.7. The van der Waals surface area contributed by atoms with Crippen LogP contribution in [-0.2, 0) is 0 Å². The molecular formula is C16H9ClN2S2. The number of aromatic nitrogens is 1. The summed E-state index contributed by atoms with van der Waals surface area (Å²) < 4.78 is 0. The van der Waals surface area contributed by atoms with E-state index in [0.29, 0.717) is 10.6 Å². The number of hydrogen-bond donors (Lipinski definition) is 0. The molecule has 0 bridgehead atoms. The minimum atomic E-state index is 0.579. The molecule has 0 fully saturated rings. The van der Waals surface area contributed by atoms with E-state index in [-0.39, 0.29) is 0 Å². The highest BCUT2D eigenvalue weighted by molar-refractivity contribution is 7.12. The summed E-state index contributed by atoms with van der Waals surface area (Å²) in [7, 11) is 0. The molecule has 2 nitrogen and oxygen atoms in total. The third kappa shape index (κ3) is 3.22. The number of rotatable bonds is 3. The lowest BCUT2D eigenvalue weighted by Gasteiger charge is -1.96. The maximum absolute atomic E-state index is 9.33. The minimum Gasteiger partial charge on any atom is -0.235 e. The molecule has 0 aliphatic rings. The molecule has 0 aliphatic carbocycles. The topological polar surface area (TPSA) is 36.7 Å². The molecule has 2 aromatic heterocycles. The molecule has 0 atom stereocenters. The van der Waals surface area contributed by atoms with Crippen molar-refractivity contribution in [2.75, 3.05) is 0 Å². The van der Waals surface area contributed by atoms with Gasteiger partial charge < -0.3 is 0 Å². The van der Waals surface area contributed by atoms with Crippen LogP contribution in [0, 0.1) is 11.3 Å². The van der Waals surface area contributed by atoms with E-state index in [1.165, 1.54) is 11.3 Å². The first-order chi connectivity index (χ1) is 10.3. The first kappa shape index (κ1) is 14.0. The Morgan fingerprint density at radius 1 is 1.24 bits per heavy atom. The Bertz CT molecular complexity index is 826. The lowest BCUT2D eigenvalue weighted by Crippen LogP contribution is -1.82. The molecule has 2 heterocycles. The predicted molar refractivity (Wildman–Crippen MR) is 90.4 cm³/mol. The van der Waals surface area contributed by atoms with Crippen molar-refractivity contribution in [2.24, 2.45) is 0 Å². The number of thiophene rings is 1. The number of hydrogen-bond acceptors (Lipinski definition) is 4. The number of allylic oxidation sites excluding steroid dienone is 1. The van der Waals surface area contributed by atoms with Crippen LogP contribution in [0.15, 0.2) is 47.2 Å². The average molecular weight is 329 g/mol. The third-order valence-corrected chi connectivity index (χ3v) is 4.74. The molecule has 0 saturated heterocycles. The molecule has 1 aromatic carbocycles. The molecule has 102 valence electrons. The molecule has 21 heavy (non-hydrogen) atoms. The van der Waals surface area contributed by atoms with E-state index in [1.54, 1.807) is 11.3 Å². The zero-order valence-corrected chi connectivity index (χ0v) is 13.2. The molecule has 3 rings (SSSR count). The predicted octanol–water partition coefficient (Wildman–Crippen LogP) is 5.59. The van der Waals surface area contributed by atoms with Gasteiger partial charge in [0.2, 0.25) is 0 Å². The fourth-order valence-electron chi connectivity index (χ4n) is 1.84. The van der Waals surface area contributed by atoms with Crippen LogP contribution in [-0.4, -0.2) is 4.98 Å². The van der Waals surface area contributed by atoms with Crippen molar-refractivity contribution >= 4 is 45.9 Å². The lowest BCUT2D eigenvalue weighted by atomic mass is 10.2. The molecule has 5 heteroatoms. The highest BCUT2D eigenvalue weighted by Gasteiger charge is 2.09. The van der Waals surface area contributed by atoms with Gasteiger partial charge in [-0.2, -0.15) is 5.26 Å². The normalized spacial score (nSPS) is 11.3. The number of nitriles is 1. The van der Waals surface area contributed by atoms with Gasteiger partial charge in [-0.3, -0.25) is 0 Å². The standard InChI is InChI=1S/C16H9ClN2S2/c17-13-4-1-3-11(7-13)15-10-21-16(19-15)12(9-18)8-14-5-2-6-20-14/h1-8,10H/b12-8-. The van der Waals surface area contributed by atoms with Crippen molar-refractivity contribution in [1.82, 2.24) is 4.98 Å². The quantitative estimate of drug-likeness (QED) is 0.588. The van der Waals surface area contributed by atoms with Crippen LogP contribution in [0.25, 0.3) is 22.9 Å². The first-order valence-electron chi connectivity index (χ1n) is 6.13. The minimum absolute atomic E-state index is 0.579. The molecule has 0 aliphatic heterocycles. The van der Waals surface area contributed by atoms with Crippen LogP contribution in [0.2, 0.25) is 5.02 Å². The smallest absolute Gasteiger partial charge is 0.134 e. The fourth-order valence-corrected chi connectivity index (χ4v) is 3.48. The Morgan fingerprint density at radius 3 is 2.86 bits per heavy atom. The summed E-state index contributed by atoms with van der Waals surface area (Å²) in [5.41, 5.74) is 2.37. The highest BCUT2D eigenvalue weighted by Crippen LogP contribution is 2.28. The Labute approximate surface area is 135 Å². The van der Waals surface area contributed by atoms with Crippen molar-refractivity contribution in [3.63, 3.8) is 0 Å². The summed E-state index contributed by atoms with van der Waals surface area (Å²) in [6, 6.07) is 13.7. The first-order valence-corrected chi connectivity index (χ1v) is 8.27. The van der Waals surface area contributed by atoms with Crippen molar-refractivity contribution in [2.45, 2.75) is 0 Å². The van der Waals surface area contributed by atoms with E-state index < -0.39 is 0 Å². The van der Waals surface area contributed by atoms with Gasteiger partial charge in [-0.15, -0.1) is 22.7 Å². The van der Waals surface area contributed by atoms with Crippen molar-refractivity contribution in [1.29, 1.82) is 5.26 Å². The van der Waals surface area contributed by atoms with E-state index in [4.69, 9.17) is 11.6 Å². The lowest BCUT2D eigenvalue weighted by molar-refractivity contribution is 1.37. The van der Waals surface area contributed by atoms with Gasteiger partial charge in [0.05, 0.1) is 11.3 Å². The van der Waals surface area contributed by atoms with Crippen LogP contribution < -0.4 is 0 Å². The van der Waals surface area contributed by atoms with Crippen LogP contribution in [0.5, 0.6) is 0 Å². The van der Waals surface area contributed by atoms with Crippen LogP contribution in [0.4, 0.5) is 0 Å². The van der Waals surface area contributed by atoms with Gasteiger partial charge in [0.1, 0.15) is 11.1 Å². The summed E-state index contributed by atoms with van der Waals surface area (Å²) in [6.45, 7) is 0. The summed E-state index contributed by atoms with van der Waals surface area (Å²) in [6.07, 6.45) is 1.87. The number of halogens is 1. The van der Waals surface area contributed by atoms with Gasteiger partial charge in [0.25, 0.3) is 0 Å². The number of nitrogens with zero attached hydrogens (tertiary/aromatic N) is 2. The third-order valence-electron chi connectivity index (χ3n) is 2.81. The van der Waals surface area contributed by atoms with Crippen LogP contribution in [0.1, 0.15) is 9.88 Å².